The Balaban J connectivity index is 0.00000324. The number of hydrogen-bond acceptors (Lipinski definition) is 6. The third kappa shape index (κ3) is 14.7. The zero-order valence-corrected chi connectivity index (χ0v) is 12.7. The van der Waals surface area contributed by atoms with Crippen LogP contribution in [0.15, 0.2) is 0 Å². The predicted octanol–water partition coefficient (Wildman–Crippen LogP) is 0.0971. The number of rotatable bonds is 0. The first-order valence-electron chi connectivity index (χ1n) is 6.46. The molecule has 1 saturated heterocycles. The predicted molar refractivity (Wildman–Crippen MR) is 64.9 cm³/mol. The summed E-state index contributed by atoms with van der Waals surface area (Å²) < 4.78 is 32.0. The first-order chi connectivity index (χ1) is 9.00. The molecule has 1 aliphatic rings. The summed E-state index contributed by atoms with van der Waals surface area (Å²) in [6, 6.07) is 0. The van der Waals surface area contributed by atoms with E-state index in [4.69, 9.17) is 28.4 Å². The van der Waals surface area contributed by atoms with Crippen molar-refractivity contribution in [1.29, 1.82) is 0 Å². The van der Waals surface area contributed by atoms with E-state index in [0.29, 0.717) is 79.3 Å². The monoisotopic (exact) mass is 371 g/mol. The maximum atomic E-state index is 5.33. The first kappa shape index (κ1) is 19.5. The van der Waals surface area contributed by atoms with Crippen molar-refractivity contribution in [1.82, 2.24) is 0 Å². The molecule has 1 heterocycles. The molecule has 0 aliphatic carbocycles. The van der Waals surface area contributed by atoms with Gasteiger partial charge in [0.1, 0.15) is 0 Å². The topological polar surface area (TPSA) is 55.4 Å². The van der Waals surface area contributed by atoms with E-state index in [1.807, 2.05) is 0 Å². The second-order valence-corrected chi connectivity index (χ2v) is 3.67. The Morgan fingerprint density at radius 2 is 0.368 bits per heavy atom. The van der Waals surface area contributed by atoms with Gasteiger partial charge in [0.05, 0.1) is 79.3 Å². The van der Waals surface area contributed by atoms with Crippen LogP contribution in [0.25, 0.3) is 0 Å². The van der Waals surface area contributed by atoms with Gasteiger partial charge in [-0.3, -0.25) is 0 Å². The summed E-state index contributed by atoms with van der Waals surface area (Å²) in [7, 11) is 0. The van der Waals surface area contributed by atoms with Crippen LogP contribution in [0.4, 0.5) is 0 Å². The van der Waals surface area contributed by atoms with Crippen LogP contribution in [0, 0.1) is 0 Å². The molecule has 7 heteroatoms. The molecule has 0 N–H and O–H groups in total. The summed E-state index contributed by atoms with van der Waals surface area (Å²) in [6.45, 7) is 7.04. The van der Waals surface area contributed by atoms with Crippen LogP contribution in [-0.4, -0.2) is 79.3 Å². The normalized spacial score (nSPS) is 22.7. The van der Waals surface area contributed by atoms with Crippen molar-refractivity contribution in [2.45, 2.75) is 0 Å². The zero-order valence-electron chi connectivity index (χ0n) is 11.2. The quantitative estimate of drug-likeness (QED) is 0.563. The van der Waals surface area contributed by atoms with Gasteiger partial charge in [0.25, 0.3) is 0 Å². The summed E-state index contributed by atoms with van der Waals surface area (Å²) >= 11 is 0. The van der Waals surface area contributed by atoms with E-state index in [1.165, 1.54) is 0 Å². The molecular formula is C12H24AgO6+. The third-order valence-electron chi connectivity index (χ3n) is 2.23. The molecule has 6 nitrogen and oxygen atoms in total. The van der Waals surface area contributed by atoms with E-state index in [0.717, 1.165) is 0 Å². The average molecular weight is 372 g/mol. The fraction of sp³-hybridized carbons (Fsp3) is 1.00. The summed E-state index contributed by atoms with van der Waals surface area (Å²) in [5, 5.41) is 0. The van der Waals surface area contributed by atoms with Crippen molar-refractivity contribution in [2.75, 3.05) is 79.3 Å². The van der Waals surface area contributed by atoms with Gasteiger partial charge in [0, 0.05) is 0 Å². The smallest absolute Gasteiger partial charge is 0.377 e. The molecule has 0 spiro atoms. The fourth-order valence-electron chi connectivity index (χ4n) is 1.32. The van der Waals surface area contributed by atoms with Crippen molar-refractivity contribution in [3.8, 4) is 0 Å². The summed E-state index contributed by atoms with van der Waals surface area (Å²) in [6.07, 6.45) is 0. The molecule has 0 bridgehead atoms. The van der Waals surface area contributed by atoms with E-state index in [1.54, 1.807) is 0 Å². The van der Waals surface area contributed by atoms with Gasteiger partial charge in [-0.2, -0.15) is 0 Å². The van der Waals surface area contributed by atoms with Crippen molar-refractivity contribution >= 4 is 0 Å². The number of ether oxygens (including phenoxy) is 6. The third-order valence-corrected chi connectivity index (χ3v) is 2.23. The van der Waals surface area contributed by atoms with Gasteiger partial charge >= 0.3 is 22.4 Å². The standard InChI is InChI=1S/C12H24O6.Ag/c1-2-14-5-6-16-9-10-18-12-11-17-8-7-15-4-3-13-1;/h1-12H2;/q;+1. The van der Waals surface area contributed by atoms with E-state index >= 15 is 0 Å². The summed E-state index contributed by atoms with van der Waals surface area (Å²) in [5.74, 6) is 0. The van der Waals surface area contributed by atoms with Gasteiger partial charge in [-0.1, -0.05) is 0 Å². The Hall–Kier alpha value is 0.500. The van der Waals surface area contributed by atoms with Gasteiger partial charge in [-0.05, 0) is 0 Å². The molecule has 0 saturated carbocycles. The molecule has 0 unspecified atom stereocenters. The Labute approximate surface area is 130 Å². The van der Waals surface area contributed by atoms with Crippen molar-refractivity contribution in [3.63, 3.8) is 0 Å². The molecule has 0 atom stereocenters. The molecular weight excluding hydrogens is 348 g/mol. The van der Waals surface area contributed by atoms with Crippen molar-refractivity contribution < 1.29 is 50.8 Å². The van der Waals surface area contributed by atoms with Gasteiger partial charge in [-0.15, -0.1) is 0 Å². The number of hydrogen-bond donors (Lipinski definition) is 0. The molecule has 0 aromatic carbocycles. The SMILES string of the molecule is C1COCCOCCOCCOCCOCCO1.[Ag+]. The molecule has 0 aromatic rings. The minimum Gasteiger partial charge on any atom is -0.377 e. The maximum absolute atomic E-state index is 5.33. The van der Waals surface area contributed by atoms with Crippen LogP contribution in [0.5, 0.6) is 0 Å². The fourth-order valence-corrected chi connectivity index (χ4v) is 1.32. The molecule has 1 aliphatic heterocycles. The molecule has 19 heavy (non-hydrogen) atoms. The second kappa shape index (κ2) is 16.6. The van der Waals surface area contributed by atoms with Crippen LogP contribution in [0.2, 0.25) is 0 Å². The van der Waals surface area contributed by atoms with Crippen LogP contribution < -0.4 is 0 Å². The van der Waals surface area contributed by atoms with E-state index in [2.05, 4.69) is 0 Å². The Bertz CT molecular complexity index is 97.2. The first-order valence-corrected chi connectivity index (χ1v) is 6.46. The Morgan fingerprint density at radius 3 is 0.474 bits per heavy atom. The van der Waals surface area contributed by atoms with Gasteiger partial charge in [0.2, 0.25) is 0 Å². The molecule has 1 rings (SSSR count). The minimum absolute atomic E-state index is 0. The maximum Gasteiger partial charge on any atom is 1.00 e. The van der Waals surface area contributed by atoms with Gasteiger partial charge < -0.3 is 28.4 Å². The van der Waals surface area contributed by atoms with Gasteiger partial charge in [-0.25, -0.2) is 0 Å². The Morgan fingerprint density at radius 1 is 0.263 bits per heavy atom. The summed E-state index contributed by atoms with van der Waals surface area (Å²) in [4.78, 5) is 0. The van der Waals surface area contributed by atoms with Crippen LogP contribution >= 0.6 is 0 Å². The minimum atomic E-state index is 0. The second-order valence-electron chi connectivity index (χ2n) is 3.67. The molecule has 0 radical (unpaired) electrons. The van der Waals surface area contributed by atoms with Gasteiger partial charge in [0.15, 0.2) is 0 Å². The molecule has 1 fully saturated rings. The van der Waals surface area contributed by atoms with E-state index in [9.17, 15) is 0 Å². The van der Waals surface area contributed by atoms with E-state index < -0.39 is 0 Å². The molecule has 0 aromatic heterocycles. The molecule has 118 valence electrons. The Kier molecular flexibility index (Phi) is 17.0. The summed E-state index contributed by atoms with van der Waals surface area (Å²) in [5.41, 5.74) is 0. The van der Waals surface area contributed by atoms with Crippen LogP contribution in [0.1, 0.15) is 0 Å². The van der Waals surface area contributed by atoms with Crippen molar-refractivity contribution in [3.05, 3.63) is 0 Å². The molecule has 0 amide bonds. The van der Waals surface area contributed by atoms with Crippen LogP contribution in [-0.2, 0) is 50.8 Å². The largest absolute Gasteiger partial charge is 1.00 e. The van der Waals surface area contributed by atoms with Crippen LogP contribution in [0.3, 0.4) is 0 Å². The average Bonchev–Trinajstić information content (AvgIpc) is 2.39. The zero-order chi connectivity index (χ0) is 12.7. The van der Waals surface area contributed by atoms with E-state index in [-0.39, 0.29) is 22.4 Å². The van der Waals surface area contributed by atoms with Crippen molar-refractivity contribution in [2.24, 2.45) is 0 Å².